The Labute approximate surface area is 201 Å². The summed E-state index contributed by atoms with van der Waals surface area (Å²) >= 11 is 0. The number of sulfonamides is 1. The summed E-state index contributed by atoms with van der Waals surface area (Å²) in [5.41, 5.74) is 1.32. The van der Waals surface area contributed by atoms with Crippen LogP contribution >= 0.6 is 0 Å². The van der Waals surface area contributed by atoms with Gasteiger partial charge in [0.2, 0.25) is 10.0 Å². The zero-order valence-corrected chi connectivity index (χ0v) is 24.2. The number of carbonyl (C=O) groups is 1. The lowest BCUT2D eigenvalue weighted by Crippen LogP contribution is -2.57. The van der Waals surface area contributed by atoms with E-state index < -0.39 is 41.9 Å². The van der Waals surface area contributed by atoms with Gasteiger partial charge in [-0.2, -0.15) is 0 Å². The molecule has 33 heavy (non-hydrogen) atoms. The van der Waals surface area contributed by atoms with Crippen molar-refractivity contribution in [2.75, 3.05) is 7.11 Å². The number of aliphatic carboxylic acids is 1. The van der Waals surface area contributed by atoms with Crippen LogP contribution in [-0.2, 0) is 19.2 Å². The van der Waals surface area contributed by atoms with Crippen LogP contribution in [0.5, 0.6) is 5.75 Å². The van der Waals surface area contributed by atoms with Crippen molar-refractivity contribution in [3.05, 3.63) is 22.8 Å². The molecular weight excluding hydrogens is 458 g/mol. The number of aryl methyl sites for hydroxylation is 1. The van der Waals surface area contributed by atoms with E-state index in [1.165, 1.54) is 0 Å². The Morgan fingerprint density at radius 2 is 1.61 bits per heavy atom. The minimum atomic E-state index is -3.99. The minimum Gasteiger partial charge on any atom is -0.496 e. The van der Waals surface area contributed by atoms with Crippen LogP contribution in [0.1, 0.15) is 64.7 Å². The summed E-state index contributed by atoms with van der Waals surface area (Å²) in [6.07, 6.45) is -1.12. The Hall–Kier alpha value is -1.42. The molecule has 2 unspecified atom stereocenters. The number of hydrogen-bond acceptors (Lipinski definition) is 5. The molecule has 9 heteroatoms. The van der Waals surface area contributed by atoms with Crippen LogP contribution in [0.2, 0.25) is 18.1 Å². The van der Waals surface area contributed by atoms with Crippen LogP contribution in [0.4, 0.5) is 0 Å². The predicted octanol–water partition coefficient (Wildman–Crippen LogP) is 5.18. The number of carboxylic acids is 1. The van der Waals surface area contributed by atoms with Gasteiger partial charge in [0.05, 0.1) is 30.6 Å². The molecule has 1 rings (SSSR count). The molecule has 7 nitrogen and oxygen atoms in total. The Balaban J connectivity index is 3.60. The Morgan fingerprint density at radius 1 is 1.09 bits per heavy atom. The first-order chi connectivity index (χ1) is 14.7. The maximum atomic E-state index is 13.7. The van der Waals surface area contributed by atoms with Crippen molar-refractivity contribution in [1.29, 1.82) is 0 Å². The topological polar surface area (TPSA) is 102 Å². The highest BCUT2D eigenvalue weighted by atomic mass is 32.2. The van der Waals surface area contributed by atoms with E-state index in [1.54, 1.807) is 27.0 Å². The first-order valence-electron chi connectivity index (χ1n) is 11.2. The number of carboxylic acid groups (broad SMARTS) is 1. The molecular formula is C24H43NO6SSi. The molecule has 1 aromatic carbocycles. The third kappa shape index (κ3) is 7.04. The molecule has 2 atom stereocenters. The van der Waals surface area contributed by atoms with Crippen molar-refractivity contribution in [2.45, 2.75) is 104 Å². The second-order valence-corrected chi connectivity index (χ2v) is 17.9. The summed E-state index contributed by atoms with van der Waals surface area (Å²) in [6.45, 7) is 21.3. The van der Waals surface area contributed by atoms with Gasteiger partial charge in [0.1, 0.15) is 5.75 Å². The molecule has 0 aliphatic carbocycles. The highest BCUT2D eigenvalue weighted by Crippen LogP contribution is 2.40. The summed E-state index contributed by atoms with van der Waals surface area (Å²) < 4.78 is 42.1. The molecule has 0 aliphatic heterocycles. The maximum Gasteiger partial charge on any atom is 0.305 e. The van der Waals surface area contributed by atoms with Gasteiger partial charge in [-0.15, -0.1) is 0 Å². The maximum absolute atomic E-state index is 13.7. The predicted molar refractivity (Wildman–Crippen MR) is 135 cm³/mol. The molecule has 0 bridgehead atoms. The second kappa shape index (κ2) is 10.1. The molecule has 0 fully saturated rings. The smallest absolute Gasteiger partial charge is 0.305 e. The van der Waals surface area contributed by atoms with Crippen LogP contribution < -0.4 is 9.46 Å². The van der Waals surface area contributed by atoms with E-state index in [1.807, 2.05) is 40.8 Å². The SMILES string of the molecule is COc1cc(C)c(S(=O)(=O)NC(C(CC(=O)O)O[Si](C)(C)C(C)(C)C)C(C)(C)C)c(C)c1C. The molecule has 2 N–H and O–H groups in total. The summed E-state index contributed by atoms with van der Waals surface area (Å²) in [5.74, 6) is -0.402. The van der Waals surface area contributed by atoms with Crippen LogP contribution in [0.15, 0.2) is 11.0 Å². The number of benzene rings is 1. The Morgan fingerprint density at radius 3 is 2.00 bits per heavy atom. The lowest BCUT2D eigenvalue weighted by atomic mass is 9.83. The highest BCUT2D eigenvalue weighted by Gasteiger charge is 2.45. The van der Waals surface area contributed by atoms with E-state index in [4.69, 9.17) is 9.16 Å². The fourth-order valence-corrected chi connectivity index (χ4v) is 6.96. The molecule has 0 heterocycles. The molecule has 0 aromatic heterocycles. The van der Waals surface area contributed by atoms with Gasteiger partial charge >= 0.3 is 5.97 Å². The van der Waals surface area contributed by atoms with Gasteiger partial charge in [0.25, 0.3) is 0 Å². The Kier molecular flexibility index (Phi) is 9.02. The quantitative estimate of drug-likeness (QED) is 0.452. The summed E-state index contributed by atoms with van der Waals surface area (Å²) in [6, 6.07) is 0.957. The van der Waals surface area contributed by atoms with Crippen LogP contribution in [0.25, 0.3) is 0 Å². The average molecular weight is 502 g/mol. The number of ether oxygens (including phenoxy) is 1. The van der Waals surface area contributed by atoms with E-state index in [0.717, 1.165) is 5.56 Å². The molecule has 1 aromatic rings. The van der Waals surface area contributed by atoms with E-state index in [9.17, 15) is 18.3 Å². The van der Waals surface area contributed by atoms with Crippen molar-refractivity contribution < 1.29 is 27.5 Å². The number of hydrogen-bond donors (Lipinski definition) is 2. The Bertz CT molecular complexity index is 974. The van der Waals surface area contributed by atoms with Gasteiger partial charge in [-0.05, 0) is 67.1 Å². The third-order valence-electron chi connectivity index (χ3n) is 6.68. The van der Waals surface area contributed by atoms with Crippen molar-refractivity contribution in [1.82, 2.24) is 4.72 Å². The van der Waals surface area contributed by atoms with Gasteiger partial charge in [-0.1, -0.05) is 41.5 Å². The van der Waals surface area contributed by atoms with Gasteiger partial charge in [0.15, 0.2) is 8.32 Å². The van der Waals surface area contributed by atoms with E-state index in [-0.39, 0.29) is 16.4 Å². The zero-order valence-electron chi connectivity index (χ0n) is 22.3. The fourth-order valence-electron chi connectivity index (χ4n) is 3.64. The summed E-state index contributed by atoms with van der Waals surface area (Å²) in [7, 11) is -4.82. The molecule has 0 amide bonds. The average Bonchev–Trinajstić information content (AvgIpc) is 2.59. The van der Waals surface area contributed by atoms with Gasteiger partial charge in [-0.3, -0.25) is 4.79 Å². The first-order valence-corrected chi connectivity index (χ1v) is 15.6. The third-order valence-corrected chi connectivity index (χ3v) is 12.9. The highest BCUT2D eigenvalue weighted by molar-refractivity contribution is 7.89. The second-order valence-electron chi connectivity index (χ2n) is 11.5. The standard InChI is InChI=1S/C24H43NO6SSi/c1-15-13-18(30-10)16(2)17(3)21(15)32(28,29)25-22(23(4,5)6)19(14-20(26)27)31-33(11,12)24(7,8)9/h13,19,22,25H,14H2,1-12H3,(H,26,27). The van der Waals surface area contributed by atoms with E-state index in [2.05, 4.69) is 25.5 Å². The lowest BCUT2D eigenvalue weighted by Gasteiger charge is -2.44. The van der Waals surface area contributed by atoms with Gasteiger partial charge in [0, 0.05) is 0 Å². The lowest BCUT2D eigenvalue weighted by molar-refractivity contribution is -0.139. The molecule has 0 saturated carbocycles. The molecule has 0 saturated heterocycles. The van der Waals surface area contributed by atoms with Crippen molar-refractivity contribution in [2.24, 2.45) is 5.41 Å². The summed E-state index contributed by atoms with van der Waals surface area (Å²) in [4.78, 5) is 12.0. The fraction of sp³-hybridized carbons (Fsp3) is 0.708. The van der Waals surface area contributed by atoms with Crippen LogP contribution in [0.3, 0.4) is 0 Å². The van der Waals surface area contributed by atoms with Gasteiger partial charge in [-0.25, -0.2) is 13.1 Å². The van der Waals surface area contributed by atoms with Crippen molar-refractivity contribution in [3.63, 3.8) is 0 Å². The van der Waals surface area contributed by atoms with Crippen molar-refractivity contribution >= 4 is 24.3 Å². The molecule has 0 spiro atoms. The van der Waals surface area contributed by atoms with Crippen LogP contribution in [-0.4, -0.2) is 47.1 Å². The van der Waals surface area contributed by atoms with Gasteiger partial charge < -0.3 is 14.3 Å². The van der Waals surface area contributed by atoms with Crippen LogP contribution in [0, 0.1) is 26.2 Å². The number of rotatable bonds is 9. The minimum absolute atomic E-state index is 0.161. The number of nitrogens with one attached hydrogen (secondary N) is 1. The normalized spacial score (nSPS) is 15.3. The molecule has 0 aliphatic rings. The first kappa shape index (κ1) is 29.6. The van der Waals surface area contributed by atoms with E-state index in [0.29, 0.717) is 16.9 Å². The van der Waals surface area contributed by atoms with Crippen molar-refractivity contribution in [3.8, 4) is 5.75 Å². The van der Waals surface area contributed by atoms with E-state index >= 15 is 0 Å². The molecule has 190 valence electrons. The summed E-state index contributed by atoms with van der Waals surface area (Å²) in [5, 5.41) is 9.48. The largest absolute Gasteiger partial charge is 0.496 e. The number of methoxy groups -OCH3 is 1. The molecule has 0 radical (unpaired) electrons. The monoisotopic (exact) mass is 501 g/mol. The zero-order chi connectivity index (χ0) is 26.2.